The van der Waals surface area contributed by atoms with Crippen LogP contribution in [0.1, 0.15) is 10.4 Å². The molecule has 0 saturated carbocycles. The molecule has 2 N–H and O–H groups in total. The van der Waals surface area contributed by atoms with Gasteiger partial charge in [-0.2, -0.15) is 0 Å². The van der Waals surface area contributed by atoms with Gasteiger partial charge in [0.1, 0.15) is 5.82 Å². The molecule has 1 aromatic rings. The Morgan fingerprint density at radius 2 is 2.06 bits per heavy atom. The van der Waals surface area contributed by atoms with Gasteiger partial charge in [0.15, 0.2) is 0 Å². The van der Waals surface area contributed by atoms with Crippen molar-refractivity contribution in [2.75, 3.05) is 19.3 Å². The van der Waals surface area contributed by atoms with Gasteiger partial charge < -0.3 is 5.32 Å². The quantitative estimate of drug-likeness (QED) is 0.782. The molecule has 0 aliphatic heterocycles. The zero-order valence-electron chi connectivity index (χ0n) is 9.54. The van der Waals surface area contributed by atoms with Crippen molar-refractivity contribution in [1.29, 1.82) is 0 Å². The average Bonchev–Trinajstić information content (AvgIpc) is 2.26. The molecule has 18 heavy (non-hydrogen) atoms. The number of benzene rings is 1. The van der Waals surface area contributed by atoms with Crippen molar-refractivity contribution in [2.24, 2.45) is 0 Å². The van der Waals surface area contributed by atoms with Gasteiger partial charge >= 0.3 is 0 Å². The lowest BCUT2D eigenvalue weighted by Crippen LogP contribution is -2.34. The van der Waals surface area contributed by atoms with Gasteiger partial charge in [-0.3, -0.25) is 4.79 Å². The van der Waals surface area contributed by atoms with Crippen molar-refractivity contribution < 1.29 is 17.6 Å². The molecule has 0 aromatic heterocycles. The number of nitrogens with one attached hydrogen (secondary N) is 2. The predicted octanol–water partition coefficient (Wildman–Crippen LogP) is 0.867. The molecule has 0 spiro atoms. The van der Waals surface area contributed by atoms with E-state index in [4.69, 9.17) is 0 Å². The Hall–Kier alpha value is -0.990. The van der Waals surface area contributed by atoms with E-state index in [1.807, 2.05) is 0 Å². The summed E-state index contributed by atoms with van der Waals surface area (Å²) in [6, 6.07) is 3.76. The topological polar surface area (TPSA) is 75.3 Å². The molecular formula is C10H12BrFN2O3S. The van der Waals surface area contributed by atoms with E-state index in [2.05, 4.69) is 26.0 Å². The number of halogens is 2. The van der Waals surface area contributed by atoms with E-state index in [1.165, 1.54) is 12.1 Å². The van der Waals surface area contributed by atoms with Crippen molar-refractivity contribution in [3.8, 4) is 0 Å². The first-order valence-electron chi connectivity index (χ1n) is 4.97. The first-order chi connectivity index (χ1) is 8.29. The maximum atomic E-state index is 13.0. The van der Waals surface area contributed by atoms with Gasteiger partial charge in [-0.25, -0.2) is 17.5 Å². The van der Waals surface area contributed by atoms with Crippen LogP contribution in [0, 0.1) is 5.82 Å². The van der Waals surface area contributed by atoms with Gasteiger partial charge in [-0.05, 0) is 34.1 Å². The number of sulfonamides is 1. The summed E-state index contributed by atoms with van der Waals surface area (Å²) in [6.45, 7) is 0.201. The minimum absolute atomic E-state index is 0.0809. The highest BCUT2D eigenvalue weighted by molar-refractivity contribution is 9.10. The number of rotatable bonds is 5. The number of amides is 1. The highest BCUT2D eigenvalue weighted by atomic mass is 79.9. The summed E-state index contributed by atoms with van der Waals surface area (Å²) in [5.41, 5.74) is 0.161. The van der Waals surface area contributed by atoms with Crippen LogP contribution in [0.3, 0.4) is 0 Å². The SMILES string of the molecule is CS(=O)(=O)NCCNC(=O)c1cc(F)ccc1Br. The molecule has 0 aliphatic carbocycles. The van der Waals surface area contributed by atoms with Crippen molar-refractivity contribution in [3.05, 3.63) is 34.1 Å². The van der Waals surface area contributed by atoms with Gasteiger partial charge in [0.05, 0.1) is 11.8 Å². The molecule has 1 rings (SSSR count). The molecule has 0 heterocycles. The summed E-state index contributed by atoms with van der Waals surface area (Å²) in [5, 5.41) is 2.48. The lowest BCUT2D eigenvalue weighted by atomic mass is 10.2. The van der Waals surface area contributed by atoms with Crippen LogP contribution in [0.2, 0.25) is 0 Å². The zero-order valence-corrected chi connectivity index (χ0v) is 11.9. The molecule has 0 fully saturated rings. The number of hydrogen-bond donors (Lipinski definition) is 2. The summed E-state index contributed by atoms with van der Waals surface area (Å²) in [4.78, 5) is 11.7. The fourth-order valence-corrected chi connectivity index (χ4v) is 2.08. The molecule has 0 atom stereocenters. The second-order valence-electron chi connectivity index (χ2n) is 3.55. The second kappa shape index (κ2) is 6.26. The van der Waals surface area contributed by atoms with Gasteiger partial charge in [-0.1, -0.05) is 0 Å². The molecule has 0 aliphatic rings. The molecule has 0 saturated heterocycles. The minimum Gasteiger partial charge on any atom is -0.351 e. The maximum absolute atomic E-state index is 13.0. The van der Waals surface area contributed by atoms with Crippen LogP contribution in [0.15, 0.2) is 22.7 Å². The van der Waals surface area contributed by atoms with Crippen LogP contribution in [0.5, 0.6) is 0 Å². The van der Waals surface area contributed by atoms with Crippen LogP contribution in [-0.2, 0) is 10.0 Å². The molecule has 0 radical (unpaired) electrons. The Bertz CT molecular complexity index is 548. The third kappa shape index (κ3) is 5.11. The summed E-state index contributed by atoms with van der Waals surface area (Å²) in [5.74, 6) is -0.991. The Balaban J connectivity index is 2.53. The van der Waals surface area contributed by atoms with E-state index < -0.39 is 21.7 Å². The zero-order chi connectivity index (χ0) is 13.8. The average molecular weight is 339 g/mol. The van der Waals surface area contributed by atoms with Crippen LogP contribution >= 0.6 is 15.9 Å². The van der Waals surface area contributed by atoms with E-state index >= 15 is 0 Å². The van der Waals surface area contributed by atoms with Crippen molar-refractivity contribution in [1.82, 2.24) is 10.0 Å². The van der Waals surface area contributed by atoms with Gasteiger partial charge in [0, 0.05) is 17.6 Å². The number of carbonyl (C=O) groups excluding carboxylic acids is 1. The van der Waals surface area contributed by atoms with Gasteiger partial charge in [0.2, 0.25) is 10.0 Å². The summed E-state index contributed by atoms with van der Waals surface area (Å²) >= 11 is 3.13. The van der Waals surface area contributed by atoms with Crippen LogP contribution in [-0.4, -0.2) is 33.7 Å². The monoisotopic (exact) mass is 338 g/mol. The Kier molecular flexibility index (Phi) is 5.24. The lowest BCUT2D eigenvalue weighted by Gasteiger charge is -2.07. The van der Waals surface area contributed by atoms with Crippen LogP contribution in [0.25, 0.3) is 0 Å². The smallest absolute Gasteiger partial charge is 0.252 e. The molecule has 8 heteroatoms. The molecule has 100 valence electrons. The molecule has 5 nitrogen and oxygen atoms in total. The Morgan fingerprint density at radius 3 is 2.67 bits per heavy atom. The van der Waals surface area contributed by atoms with Gasteiger partial charge in [-0.15, -0.1) is 0 Å². The van der Waals surface area contributed by atoms with E-state index in [1.54, 1.807) is 0 Å². The van der Waals surface area contributed by atoms with Crippen LogP contribution in [0.4, 0.5) is 4.39 Å². The summed E-state index contributed by atoms with van der Waals surface area (Å²) in [6.07, 6.45) is 1.03. The van der Waals surface area contributed by atoms with Crippen LogP contribution < -0.4 is 10.0 Å². The fraction of sp³-hybridized carbons (Fsp3) is 0.300. The first-order valence-corrected chi connectivity index (χ1v) is 7.66. The third-order valence-corrected chi connectivity index (χ3v) is 3.37. The highest BCUT2D eigenvalue weighted by Gasteiger charge is 2.10. The van der Waals surface area contributed by atoms with Crippen molar-refractivity contribution >= 4 is 31.9 Å². The second-order valence-corrected chi connectivity index (χ2v) is 6.23. The highest BCUT2D eigenvalue weighted by Crippen LogP contribution is 2.17. The van der Waals surface area contributed by atoms with Gasteiger partial charge in [0.25, 0.3) is 5.91 Å². The molecule has 1 aromatic carbocycles. The van der Waals surface area contributed by atoms with E-state index in [-0.39, 0.29) is 18.7 Å². The predicted molar refractivity (Wildman–Crippen MR) is 69.3 cm³/mol. The molecular weight excluding hydrogens is 327 g/mol. The third-order valence-electron chi connectivity index (χ3n) is 1.95. The van der Waals surface area contributed by atoms with E-state index in [9.17, 15) is 17.6 Å². The Morgan fingerprint density at radius 1 is 1.39 bits per heavy atom. The largest absolute Gasteiger partial charge is 0.351 e. The number of carbonyl (C=O) groups is 1. The first kappa shape index (κ1) is 15.1. The number of hydrogen-bond acceptors (Lipinski definition) is 3. The summed E-state index contributed by atoms with van der Waals surface area (Å²) < 4.78 is 37.2. The Labute approximate surface area is 113 Å². The maximum Gasteiger partial charge on any atom is 0.252 e. The normalized spacial score (nSPS) is 11.3. The minimum atomic E-state index is -3.27. The van der Waals surface area contributed by atoms with Crippen molar-refractivity contribution in [3.63, 3.8) is 0 Å². The molecule has 0 unspecified atom stereocenters. The molecule has 1 amide bonds. The molecule has 0 bridgehead atoms. The van der Waals surface area contributed by atoms with E-state index in [0.29, 0.717) is 4.47 Å². The standard InChI is InChI=1S/C10H12BrFN2O3S/c1-18(16,17)14-5-4-13-10(15)8-6-7(12)2-3-9(8)11/h2-3,6,14H,4-5H2,1H3,(H,13,15). The summed E-state index contributed by atoms with van der Waals surface area (Å²) in [7, 11) is -3.27. The van der Waals surface area contributed by atoms with E-state index in [0.717, 1.165) is 12.3 Å². The van der Waals surface area contributed by atoms with Crippen molar-refractivity contribution in [2.45, 2.75) is 0 Å². The fourth-order valence-electron chi connectivity index (χ4n) is 1.18. The lowest BCUT2D eigenvalue weighted by molar-refractivity contribution is 0.0953.